The topological polar surface area (TPSA) is 61.8 Å². The second-order valence-electron chi connectivity index (χ2n) is 6.69. The molecule has 1 aromatic heterocycles. The number of ether oxygens (including phenoxy) is 1. The molecule has 0 atom stereocenters. The van der Waals surface area contributed by atoms with E-state index in [-0.39, 0.29) is 0 Å². The summed E-state index contributed by atoms with van der Waals surface area (Å²) in [5, 5.41) is 10.2. The quantitative estimate of drug-likeness (QED) is 0.545. The number of nitrogens with one attached hydrogen (secondary N) is 2. The molecule has 1 fully saturated rings. The molecule has 1 aliphatic rings. The fourth-order valence-corrected chi connectivity index (χ4v) is 3.62. The third kappa shape index (κ3) is 7.30. The largest absolute Gasteiger partial charge is 0.377 e. The highest BCUT2D eigenvalue weighted by Gasteiger charge is 2.19. The molecule has 1 saturated heterocycles. The summed E-state index contributed by atoms with van der Waals surface area (Å²) < 4.78 is 5.65. The summed E-state index contributed by atoms with van der Waals surface area (Å²) in [5.74, 6) is 0.868. The van der Waals surface area contributed by atoms with Gasteiger partial charge in [-0.2, -0.15) is 0 Å². The van der Waals surface area contributed by atoms with Crippen molar-refractivity contribution in [3.05, 3.63) is 16.1 Å². The summed E-state index contributed by atoms with van der Waals surface area (Å²) in [6.45, 7) is 11.1. The van der Waals surface area contributed by atoms with Crippen LogP contribution >= 0.6 is 11.3 Å². The van der Waals surface area contributed by atoms with Gasteiger partial charge in [0.05, 0.1) is 30.0 Å². The Balaban J connectivity index is 1.66. The summed E-state index contributed by atoms with van der Waals surface area (Å²) in [5.41, 5.74) is 1.09. The average molecular weight is 368 g/mol. The fourth-order valence-electron chi connectivity index (χ4n) is 2.87. The molecule has 0 amide bonds. The third-order valence-corrected chi connectivity index (χ3v) is 5.39. The summed E-state index contributed by atoms with van der Waals surface area (Å²) in [6, 6.07) is 0.482. The molecular weight excluding hydrogens is 334 g/mol. The predicted octanol–water partition coefficient (Wildman–Crippen LogP) is 2.26. The average Bonchev–Trinajstić information content (AvgIpc) is 3.07. The van der Waals surface area contributed by atoms with Crippen LogP contribution in [0.25, 0.3) is 0 Å². The molecule has 0 bridgehead atoms. The zero-order valence-corrected chi connectivity index (χ0v) is 16.9. The van der Waals surface area contributed by atoms with Gasteiger partial charge in [-0.25, -0.2) is 4.98 Å². The number of rotatable bonds is 8. The molecule has 25 heavy (non-hydrogen) atoms. The summed E-state index contributed by atoms with van der Waals surface area (Å²) in [4.78, 5) is 11.4. The van der Waals surface area contributed by atoms with Gasteiger partial charge in [0.1, 0.15) is 0 Å². The van der Waals surface area contributed by atoms with Gasteiger partial charge in [-0.05, 0) is 33.1 Å². The van der Waals surface area contributed by atoms with E-state index in [4.69, 9.17) is 4.74 Å². The highest BCUT2D eigenvalue weighted by Crippen LogP contribution is 2.11. The molecule has 142 valence electrons. The second kappa shape index (κ2) is 10.7. The number of aromatic nitrogens is 1. The first-order valence-electron chi connectivity index (χ1n) is 9.35. The molecule has 2 N–H and O–H groups in total. The lowest BCUT2D eigenvalue weighted by atomic mass is 10.1. The zero-order chi connectivity index (χ0) is 18.1. The molecule has 7 heteroatoms. The Labute approximate surface area is 156 Å². The third-order valence-electron chi connectivity index (χ3n) is 4.35. The number of piperidine rings is 1. The van der Waals surface area contributed by atoms with Crippen LogP contribution in [0.5, 0.6) is 0 Å². The fraction of sp³-hybridized carbons (Fsp3) is 0.778. The number of likely N-dealkylation sites (tertiary alicyclic amines) is 1. The van der Waals surface area contributed by atoms with Crippen LogP contribution in [0.4, 0.5) is 0 Å². The Bertz CT molecular complexity index is 523. The maximum absolute atomic E-state index is 5.65. The van der Waals surface area contributed by atoms with E-state index in [1.165, 1.54) is 5.01 Å². The van der Waals surface area contributed by atoms with E-state index in [0.717, 1.165) is 63.7 Å². The van der Waals surface area contributed by atoms with E-state index >= 15 is 0 Å². The number of aliphatic imine (C=N–C) groups is 1. The molecule has 0 aliphatic carbocycles. The van der Waals surface area contributed by atoms with Crippen molar-refractivity contribution in [2.75, 3.05) is 33.3 Å². The lowest BCUT2D eigenvalue weighted by molar-refractivity contribution is 0.0532. The number of hydrogen-bond donors (Lipinski definition) is 2. The molecule has 0 aromatic carbocycles. The molecule has 0 spiro atoms. The van der Waals surface area contributed by atoms with Crippen LogP contribution < -0.4 is 10.6 Å². The Morgan fingerprint density at radius 2 is 2.20 bits per heavy atom. The molecule has 0 saturated carbocycles. The Kier molecular flexibility index (Phi) is 8.64. The molecule has 6 nitrogen and oxygen atoms in total. The van der Waals surface area contributed by atoms with Crippen molar-refractivity contribution < 1.29 is 4.74 Å². The van der Waals surface area contributed by atoms with Gasteiger partial charge >= 0.3 is 0 Å². The van der Waals surface area contributed by atoms with Crippen molar-refractivity contribution in [1.29, 1.82) is 0 Å². The first-order chi connectivity index (χ1) is 12.1. The van der Waals surface area contributed by atoms with Crippen molar-refractivity contribution in [3.8, 4) is 0 Å². The van der Waals surface area contributed by atoms with E-state index in [1.807, 2.05) is 7.05 Å². The number of hydrogen-bond acceptors (Lipinski definition) is 5. The van der Waals surface area contributed by atoms with Gasteiger partial charge in [0.25, 0.3) is 0 Å². The van der Waals surface area contributed by atoms with E-state index in [2.05, 4.69) is 51.7 Å². The van der Waals surface area contributed by atoms with Crippen molar-refractivity contribution in [3.63, 3.8) is 0 Å². The first kappa shape index (κ1) is 20.1. The van der Waals surface area contributed by atoms with Crippen LogP contribution in [-0.2, 0) is 17.7 Å². The van der Waals surface area contributed by atoms with Crippen LogP contribution in [0.2, 0.25) is 0 Å². The van der Waals surface area contributed by atoms with Crippen molar-refractivity contribution in [1.82, 2.24) is 20.5 Å². The number of nitrogens with zero attached hydrogens (tertiary/aromatic N) is 3. The number of aryl methyl sites for hydroxylation is 1. The monoisotopic (exact) mass is 367 g/mol. The molecule has 2 rings (SSSR count). The Morgan fingerprint density at radius 1 is 1.44 bits per heavy atom. The van der Waals surface area contributed by atoms with Gasteiger partial charge in [0, 0.05) is 38.1 Å². The van der Waals surface area contributed by atoms with Gasteiger partial charge < -0.3 is 20.3 Å². The van der Waals surface area contributed by atoms with Crippen molar-refractivity contribution in [2.24, 2.45) is 4.99 Å². The highest BCUT2D eigenvalue weighted by molar-refractivity contribution is 7.09. The Hall–Kier alpha value is -1.18. The summed E-state index contributed by atoms with van der Waals surface area (Å²) in [6.07, 6.45) is 3.59. The minimum Gasteiger partial charge on any atom is -0.377 e. The summed E-state index contributed by atoms with van der Waals surface area (Å²) in [7, 11) is 1.83. The lowest BCUT2D eigenvalue weighted by Gasteiger charge is -2.33. The van der Waals surface area contributed by atoms with E-state index in [1.54, 1.807) is 11.3 Å². The van der Waals surface area contributed by atoms with Crippen molar-refractivity contribution in [2.45, 2.75) is 58.7 Å². The minimum absolute atomic E-state index is 0.319. The zero-order valence-electron chi connectivity index (χ0n) is 16.0. The summed E-state index contributed by atoms with van der Waals surface area (Å²) >= 11 is 1.73. The van der Waals surface area contributed by atoms with E-state index in [9.17, 15) is 0 Å². The van der Waals surface area contributed by atoms with Gasteiger partial charge in [-0.1, -0.05) is 6.92 Å². The smallest absolute Gasteiger partial charge is 0.191 e. The normalized spacial score (nSPS) is 17.2. The highest BCUT2D eigenvalue weighted by atomic mass is 32.1. The van der Waals surface area contributed by atoms with Gasteiger partial charge in [-0.15, -0.1) is 11.3 Å². The van der Waals surface area contributed by atoms with Crippen LogP contribution in [0.15, 0.2) is 10.4 Å². The SMILES string of the molecule is CCc1nc(CNC(=NC)NC2CCN(CCOC(C)C)CC2)cs1. The molecular formula is C18H33N5OS. The Morgan fingerprint density at radius 3 is 2.80 bits per heavy atom. The van der Waals surface area contributed by atoms with E-state index < -0.39 is 0 Å². The van der Waals surface area contributed by atoms with Crippen LogP contribution in [-0.4, -0.2) is 61.3 Å². The van der Waals surface area contributed by atoms with Gasteiger partial charge in [-0.3, -0.25) is 4.99 Å². The molecule has 0 radical (unpaired) electrons. The van der Waals surface area contributed by atoms with Crippen molar-refractivity contribution >= 4 is 17.3 Å². The first-order valence-corrected chi connectivity index (χ1v) is 10.2. The number of guanidine groups is 1. The minimum atomic E-state index is 0.319. The second-order valence-corrected chi connectivity index (χ2v) is 7.63. The molecule has 0 unspecified atom stereocenters. The standard InChI is InChI=1S/C18H33N5OS/c1-5-17-21-16(13-25-17)12-20-18(19-4)22-15-6-8-23(9-7-15)10-11-24-14(2)3/h13-15H,5-12H2,1-4H3,(H2,19,20,22). The van der Waals surface area contributed by atoms with Gasteiger partial charge in [0.15, 0.2) is 5.96 Å². The van der Waals surface area contributed by atoms with Gasteiger partial charge in [0.2, 0.25) is 0 Å². The maximum Gasteiger partial charge on any atom is 0.191 e. The lowest BCUT2D eigenvalue weighted by Crippen LogP contribution is -2.49. The number of thiazole rings is 1. The predicted molar refractivity (Wildman–Crippen MR) is 105 cm³/mol. The molecule has 2 heterocycles. The maximum atomic E-state index is 5.65. The molecule has 1 aliphatic heterocycles. The van der Waals surface area contributed by atoms with Crippen LogP contribution in [0.3, 0.4) is 0 Å². The van der Waals surface area contributed by atoms with Crippen LogP contribution in [0, 0.1) is 0 Å². The van der Waals surface area contributed by atoms with E-state index in [0.29, 0.717) is 12.1 Å². The van der Waals surface area contributed by atoms with Crippen LogP contribution in [0.1, 0.15) is 44.3 Å². The molecule has 1 aromatic rings.